The number of piperidine rings is 1. The van der Waals surface area contributed by atoms with Crippen LogP contribution in [-0.4, -0.2) is 24.0 Å². The summed E-state index contributed by atoms with van der Waals surface area (Å²) in [5.74, 6) is 2.85. The van der Waals surface area contributed by atoms with Gasteiger partial charge in [0.05, 0.1) is 0 Å². The second kappa shape index (κ2) is 6.64. The standard InChI is InChI=1S/C15H31N/c1-6-14(11-12(2)3)15-7-9-16(10-8-15)13(4)5/h12-15H,6-11H2,1-5H3. The highest BCUT2D eigenvalue weighted by atomic mass is 15.1. The lowest BCUT2D eigenvalue weighted by molar-refractivity contribution is 0.111. The van der Waals surface area contributed by atoms with Gasteiger partial charge in [-0.05, 0) is 64.0 Å². The van der Waals surface area contributed by atoms with E-state index in [0.717, 1.165) is 23.8 Å². The van der Waals surface area contributed by atoms with Gasteiger partial charge in [-0.15, -0.1) is 0 Å². The van der Waals surface area contributed by atoms with E-state index in [1.165, 1.54) is 38.8 Å². The van der Waals surface area contributed by atoms with Gasteiger partial charge < -0.3 is 4.90 Å². The molecule has 0 radical (unpaired) electrons. The first-order chi connectivity index (χ1) is 7.54. The van der Waals surface area contributed by atoms with E-state index in [1.54, 1.807) is 0 Å². The van der Waals surface area contributed by atoms with E-state index in [9.17, 15) is 0 Å². The van der Waals surface area contributed by atoms with Crippen molar-refractivity contribution in [1.29, 1.82) is 0 Å². The average Bonchev–Trinajstić information content (AvgIpc) is 2.25. The SMILES string of the molecule is CCC(CC(C)C)C1CCN(C(C)C)CC1. The fourth-order valence-electron chi connectivity index (χ4n) is 3.21. The van der Waals surface area contributed by atoms with Crippen LogP contribution in [0.4, 0.5) is 0 Å². The molecule has 0 spiro atoms. The van der Waals surface area contributed by atoms with Gasteiger partial charge in [0.25, 0.3) is 0 Å². The zero-order valence-electron chi connectivity index (χ0n) is 12.0. The van der Waals surface area contributed by atoms with Crippen LogP contribution in [0.5, 0.6) is 0 Å². The third-order valence-corrected chi connectivity index (χ3v) is 4.27. The Kier molecular flexibility index (Phi) is 5.82. The van der Waals surface area contributed by atoms with Crippen LogP contribution < -0.4 is 0 Å². The van der Waals surface area contributed by atoms with Gasteiger partial charge >= 0.3 is 0 Å². The molecule has 0 aromatic rings. The molecule has 1 heterocycles. The molecule has 1 heteroatoms. The van der Waals surface area contributed by atoms with E-state index in [2.05, 4.69) is 39.5 Å². The van der Waals surface area contributed by atoms with Gasteiger partial charge in [0.2, 0.25) is 0 Å². The Morgan fingerprint density at radius 2 is 1.62 bits per heavy atom. The smallest absolute Gasteiger partial charge is 0.00385 e. The molecular formula is C15H31N. The van der Waals surface area contributed by atoms with Crippen LogP contribution >= 0.6 is 0 Å². The minimum atomic E-state index is 0.742. The molecule has 1 fully saturated rings. The molecule has 0 N–H and O–H groups in total. The van der Waals surface area contributed by atoms with Crippen molar-refractivity contribution in [3.63, 3.8) is 0 Å². The molecule has 1 rings (SSSR count). The molecule has 16 heavy (non-hydrogen) atoms. The van der Waals surface area contributed by atoms with Gasteiger partial charge in [-0.25, -0.2) is 0 Å². The summed E-state index contributed by atoms with van der Waals surface area (Å²) < 4.78 is 0. The number of rotatable bonds is 5. The lowest BCUT2D eigenvalue weighted by atomic mass is 9.78. The van der Waals surface area contributed by atoms with Crippen LogP contribution in [-0.2, 0) is 0 Å². The quantitative estimate of drug-likeness (QED) is 0.678. The number of likely N-dealkylation sites (tertiary alicyclic amines) is 1. The second-order valence-corrected chi connectivity index (χ2v) is 6.27. The maximum Gasteiger partial charge on any atom is 0.00385 e. The van der Waals surface area contributed by atoms with Gasteiger partial charge in [-0.3, -0.25) is 0 Å². The predicted octanol–water partition coefficient (Wildman–Crippen LogP) is 4.18. The van der Waals surface area contributed by atoms with Crippen LogP contribution in [0.2, 0.25) is 0 Å². The van der Waals surface area contributed by atoms with Crippen molar-refractivity contribution in [2.75, 3.05) is 13.1 Å². The van der Waals surface area contributed by atoms with Gasteiger partial charge in [-0.2, -0.15) is 0 Å². The van der Waals surface area contributed by atoms with E-state index in [-0.39, 0.29) is 0 Å². The Balaban J connectivity index is 2.38. The summed E-state index contributed by atoms with van der Waals surface area (Å²) in [6.07, 6.45) is 5.68. The van der Waals surface area contributed by atoms with Crippen molar-refractivity contribution in [2.45, 2.75) is 66.3 Å². The zero-order valence-corrected chi connectivity index (χ0v) is 12.0. The molecule has 0 aromatic carbocycles. The number of nitrogens with zero attached hydrogens (tertiary/aromatic N) is 1. The Bertz CT molecular complexity index is 178. The summed E-state index contributed by atoms with van der Waals surface area (Å²) in [5, 5.41) is 0. The van der Waals surface area contributed by atoms with Crippen LogP contribution in [0, 0.1) is 17.8 Å². The Labute approximate surface area is 103 Å². The van der Waals surface area contributed by atoms with E-state index >= 15 is 0 Å². The summed E-state index contributed by atoms with van der Waals surface area (Å²) in [6, 6.07) is 0.742. The average molecular weight is 225 g/mol. The summed E-state index contributed by atoms with van der Waals surface area (Å²) >= 11 is 0. The van der Waals surface area contributed by atoms with Crippen LogP contribution in [0.15, 0.2) is 0 Å². The Morgan fingerprint density at radius 1 is 1.06 bits per heavy atom. The first-order valence-electron chi connectivity index (χ1n) is 7.28. The molecule has 0 aliphatic carbocycles. The molecule has 1 saturated heterocycles. The lowest BCUT2D eigenvalue weighted by Crippen LogP contribution is -2.40. The van der Waals surface area contributed by atoms with E-state index in [4.69, 9.17) is 0 Å². The highest BCUT2D eigenvalue weighted by Crippen LogP contribution is 2.32. The maximum atomic E-state index is 2.64. The molecule has 96 valence electrons. The van der Waals surface area contributed by atoms with Crippen molar-refractivity contribution in [3.05, 3.63) is 0 Å². The van der Waals surface area contributed by atoms with Crippen molar-refractivity contribution < 1.29 is 0 Å². The van der Waals surface area contributed by atoms with E-state index in [0.29, 0.717) is 0 Å². The highest BCUT2D eigenvalue weighted by molar-refractivity contribution is 4.79. The summed E-state index contributed by atoms with van der Waals surface area (Å²) in [4.78, 5) is 2.64. The van der Waals surface area contributed by atoms with Crippen LogP contribution in [0.25, 0.3) is 0 Å². The third kappa shape index (κ3) is 4.08. The summed E-state index contributed by atoms with van der Waals surface area (Å²) in [6.45, 7) is 14.4. The summed E-state index contributed by atoms with van der Waals surface area (Å²) in [5.41, 5.74) is 0. The summed E-state index contributed by atoms with van der Waals surface area (Å²) in [7, 11) is 0. The Morgan fingerprint density at radius 3 is 2.00 bits per heavy atom. The minimum absolute atomic E-state index is 0.742. The largest absolute Gasteiger partial charge is 0.301 e. The molecule has 1 unspecified atom stereocenters. The first-order valence-corrected chi connectivity index (χ1v) is 7.28. The molecule has 0 saturated carbocycles. The van der Waals surface area contributed by atoms with Gasteiger partial charge in [-0.1, -0.05) is 27.2 Å². The van der Waals surface area contributed by atoms with Gasteiger partial charge in [0.1, 0.15) is 0 Å². The van der Waals surface area contributed by atoms with Gasteiger partial charge in [0.15, 0.2) is 0 Å². The van der Waals surface area contributed by atoms with Crippen molar-refractivity contribution in [3.8, 4) is 0 Å². The van der Waals surface area contributed by atoms with E-state index in [1.807, 2.05) is 0 Å². The van der Waals surface area contributed by atoms with Crippen LogP contribution in [0.3, 0.4) is 0 Å². The molecule has 1 aliphatic heterocycles. The molecule has 0 bridgehead atoms. The molecule has 0 aromatic heterocycles. The highest BCUT2D eigenvalue weighted by Gasteiger charge is 2.26. The van der Waals surface area contributed by atoms with Crippen molar-refractivity contribution in [2.24, 2.45) is 17.8 Å². The molecule has 1 aliphatic rings. The van der Waals surface area contributed by atoms with Crippen molar-refractivity contribution >= 4 is 0 Å². The van der Waals surface area contributed by atoms with Crippen LogP contribution in [0.1, 0.15) is 60.3 Å². The fraction of sp³-hybridized carbons (Fsp3) is 1.00. The number of hydrogen-bond acceptors (Lipinski definition) is 1. The first kappa shape index (κ1) is 14.0. The number of hydrogen-bond donors (Lipinski definition) is 0. The molecule has 0 amide bonds. The van der Waals surface area contributed by atoms with E-state index < -0.39 is 0 Å². The third-order valence-electron chi connectivity index (χ3n) is 4.27. The molecule has 1 nitrogen and oxygen atoms in total. The zero-order chi connectivity index (χ0) is 12.1. The minimum Gasteiger partial charge on any atom is -0.301 e. The lowest BCUT2D eigenvalue weighted by Gasteiger charge is -2.38. The fourth-order valence-corrected chi connectivity index (χ4v) is 3.21. The normalized spacial score (nSPS) is 21.9. The Hall–Kier alpha value is -0.0400. The van der Waals surface area contributed by atoms with Crippen molar-refractivity contribution in [1.82, 2.24) is 4.90 Å². The van der Waals surface area contributed by atoms with Gasteiger partial charge in [0, 0.05) is 6.04 Å². The topological polar surface area (TPSA) is 3.24 Å². The molecule has 1 atom stereocenters. The monoisotopic (exact) mass is 225 g/mol. The predicted molar refractivity (Wildman–Crippen MR) is 72.7 cm³/mol. The second-order valence-electron chi connectivity index (χ2n) is 6.27. The molecular weight excluding hydrogens is 194 g/mol. The maximum absolute atomic E-state index is 2.64.